The second-order valence-corrected chi connectivity index (χ2v) is 7.29. The summed E-state index contributed by atoms with van der Waals surface area (Å²) in [6, 6.07) is 6.15. The molecule has 0 N–H and O–H groups in total. The zero-order valence-electron chi connectivity index (χ0n) is 16.3. The molecule has 2 amide bonds. The zero-order valence-corrected chi connectivity index (χ0v) is 16.3. The lowest BCUT2D eigenvalue weighted by Gasteiger charge is -2.38. The van der Waals surface area contributed by atoms with E-state index < -0.39 is 0 Å². The highest BCUT2D eigenvalue weighted by atomic mass is 16.5. The molecule has 0 radical (unpaired) electrons. The van der Waals surface area contributed by atoms with Crippen LogP contribution >= 0.6 is 0 Å². The molecular formula is C20H26N4O4. The van der Waals surface area contributed by atoms with Gasteiger partial charge in [-0.1, -0.05) is 0 Å². The van der Waals surface area contributed by atoms with E-state index in [4.69, 9.17) is 14.2 Å². The minimum atomic E-state index is 0.00993. The number of hydrogen-bond acceptors (Lipinski definition) is 6. The SMILES string of the molecule is COc1ccc2cnc(OC3CCN(C(=O)N4CCOC(C)C4)CC3)nc2c1. The number of amides is 2. The molecule has 8 nitrogen and oxygen atoms in total. The number of aromatic nitrogens is 2. The van der Waals surface area contributed by atoms with Gasteiger partial charge in [-0.05, 0) is 19.1 Å². The normalized spacial score (nSPS) is 21.0. The fourth-order valence-electron chi connectivity index (χ4n) is 3.68. The Bertz CT molecular complexity index is 838. The lowest BCUT2D eigenvalue weighted by molar-refractivity contribution is -0.0118. The van der Waals surface area contributed by atoms with E-state index >= 15 is 0 Å². The van der Waals surface area contributed by atoms with Crippen molar-refractivity contribution >= 4 is 16.9 Å². The first kappa shape index (κ1) is 18.7. The summed E-state index contributed by atoms with van der Waals surface area (Å²) in [5, 5.41) is 0.938. The molecule has 0 bridgehead atoms. The third-order valence-corrected chi connectivity index (χ3v) is 5.26. The summed E-state index contributed by atoms with van der Waals surface area (Å²) < 4.78 is 16.8. The van der Waals surface area contributed by atoms with Crippen molar-refractivity contribution in [1.82, 2.24) is 19.8 Å². The van der Waals surface area contributed by atoms with Crippen molar-refractivity contribution in [2.24, 2.45) is 0 Å². The number of nitrogens with zero attached hydrogens (tertiary/aromatic N) is 4. The van der Waals surface area contributed by atoms with Crippen LogP contribution in [0.3, 0.4) is 0 Å². The quantitative estimate of drug-likeness (QED) is 0.806. The molecule has 2 saturated heterocycles. The van der Waals surface area contributed by atoms with E-state index in [-0.39, 0.29) is 18.2 Å². The van der Waals surface area contributed by atoms with Gasteiger partial charge in [0.1, 0.15) is 11.9 Å². The Kier molecular flexibility index (Phi) is 5.47. The van der Waals surface area contributed by atoms with Crippen LogP contribution in [0.25, 0.3) is 10.9 Å². The second-order valence-electron chi connectivity index (χ2n) is 7.29. The van der Waals surface area contributed by atoms with Crippen molar-refractivity contribution in [1.29, 1.82) is 0 Å². The van der Waals surface area contributed by atoms with Gasteiger partial charge in [0.15, 0.2) is 0 Å². The fraction of sp³-hybridized carbons (Fsp3) is 0.550. The van der Waals surface area contributed by atoms with Gasteiger partial charge >= 0.3 is 12.0 Å². The van der Waals surface area contributed by atoms with Crippen molar-refractivity contribution in [3.63, 3.8) is 0 Å². The monoisotopic (exact) mass is 386 g/mol. The molecular weight excluding hydrogens is 360 g/mol. The minimum absolute atomic E-state index is 0.00993. The summed E-state index contributed by atoms with van der Waals surface area (Å²) in [6.07, 6.45) is 3.41. The Morgan fingerprint density at radius 2 is 2.04 bits per heavy atom. The first-order valence-electron chi connectivity index (χ1n) is 9.75. The molecule has 1 atom stereocenters. The third kappa shape index (κ3) is 4.11. The number of benzene rings is 1. The first-order chi connectivity index (χ1) is 13.6. The lowest BCUT2D eigenvalue weighted by Crippen LogP contribution is -2.53. The number of rotatable bonds is 3. The van der Waals surface area contributed by atoms with Gasteiger partial charge in [-0.25, -0.2) is 9.78 Å². The molecule has 3 heterocycles. The highest BCUT2D eigenvalue weighted by Gasteiger charge is 2.29. The van der Waals surface area contributed by atoms with E-state index in [2.05, 4.69) is 9.97 Å². The topological polar surface area (TPSA) is 77.0 Å². The van der Waals surface area contributed by atoms with Gasteiger partial charge < -0.3 is 24.0 Å². The summed E-state index contributed by atoms with van der Waals surface area (Å²) in [5.41, 5.74) is 0.790. The highest BCUT2D eigenvalue weighted by molar-refractivity contribution is 5.79. The smallest absolute Gasteiger partial charge is 0.320 e. The van der Waals surface area contributed by atoms with E-state index in [1.165, 1.54) is 0 Å². The first-order valence-corrected chi connectivity index (χ1v) is 9.75. The van der Waals surface area contributed by atoms with E-state index in [9.17, 15) is 4.79 Å². The van der Waals surface area contributed by atoms with Gasteiger partial charge in [-0.15, -0.1) is 0 Å². The molecule has 0 aliphatic carbocycles. The summed E-state index contributed by atoms with van der Waals surface area (Å²) in [7, 11) is 1.63. The third-order valence-electron chi connectivity index (χ3n) is 5.26. The Balaban J connectivity index is 1.34. The van der Waals surface area contributed by atoms with Gasteiger partial charge in [-0.3, -0.25) is 0 Å². The average molecular weight is 386 g/mol. The predicted molar refractivity (Wildman–Crippen MR) is 104 cm³/mol. The summed E-state index contributed by atoms with van der Waals surface area (Å²) in [4.78, 5) is 25.3. The number of urea groups is 1. The lowest BCUT2D eigenvalue weighted by atomic mass is 10.1. The average Bonchev–Trinajstić information content (AvgIpc) is 2.73. The van der Waals surface area contributed by atoms with Crippen molar-refractivity contribution < 1.29 is 19.0 Å². The number of ether oxygens (including phenoxy) is 3. The van der Waals surface area contributed by atoms with Gasteiger partial charge in [0, 0.05) is 56.7 Å². The maximum Gasteiger partial charge on any atom is 0.320 e. The molecule has 2 aromatic rings. The molecule has 2 fully saturated rings. The van der Waals surface area contributed by atoms with Crippen LogP contribution in [-0.2, 0) is 4.74 Å². The largest absolute Gasteiger partial charge is 0.497 e. The molecule has 2 aliphatic rings. The Morgan fingerprint density at radius 1 is 1.21 bits per heavy atom. The number of piperidine rings is 1. The number of methoxy groups -OCH3 is 1. The molecule has 28 heavy (non-hydrogen) atoms. The van der Waals surface area contributed by atoms with Crippen LogP contribution in [0.2, 0.25) is 0 Å². The van der Waals surface area contributed by atoms with Crippen molar-refractivity contribution in [2.45, 2.75) is 32.0 Å². The Morgan fingerprint density at radius 3 is 2.79 bits per heavy atom. The number of fused-ring (bicyclic) bond motifs is 1. The maximum atomic E-state index is 12.7. The number of carbonyl (C=O) groups is 1. The maximum absolute atomic E-state index is 12.7. The molecule has 8 heteroatoms. The zero-order chi connectivity index (χ0) is 19.5. The molecule has 4 rings (SSSR count). The number of likely N-dealkylation sites (tertiary alicyclic amines) is 1. The fourth-order valence-corrected chi connectivity index (χ4v) is 3.68. The Labute approximate surface area is 164 Å². The molecule has 1 unspecified atom stereocenters. The van der Waals surface area contributed by atoms with E-state index in [0.29, 0.717) is 38.8 Å². The highest BCUT2D eigenvalue weighted by Crippen LogP contribution is 2.22. The molecule has 0 spiro atoms. The van der Waals surface area contributed by atoms with Crippen LogP contribution in [0.15, 0.2) is 24.4 Å². The minimum Gasteiger partial charge on any atom is -0.497 e. The number of hydrogen-bond donors (Lipinski definition) is 0. The van der Waals surface area contributed by atoms with E-state index in [1.807, 2.05) is 34.9 Å². The number of morpholine rings is 1. The van der Waals surface area contributed by atoms with Crippen LogP contribution in [0, 0.1) is 0 Å². The van der Waals surface area contributed by atoms with Gasteiger partial charge in [0.05, 0.1) is 25.3 Å². The van der Waals surface area contributed by atoms with Gasteiger partial charge in [0.25, 0.3) is 0 Å². The standard InChI is InChI=1S/C20H26N4O4/c1-14-13-24(9-10-27-14)20(25)23-7-5-16(6-8-23)28-19-21-12-15-3-4-17(26-2)11-18(15)22-19/h3-4,11-12,14,16H,5-10,13H2,1-2H3. The summed E-state index contributed by atoms with van der Waals surface area (Å²) in [5.74, 6) is 0.751. The predicted octanol–water partition coefficient (Wildman–Crippen LogP) is 2.32. The molecule has 2 aliphatic heterocycles. The Hall–Kier alpha value is -2.61. The summed E-state index contributed by atoms with van der Waals surface area (Å²) >= 11 is 0. The van der Waals surface area contributed by atoms with Crippen LogP contribution in [0.5, 0.6) is 11.8 Å². The van der Waals surface area contributed by atoms with Crippen molar-refractivity contribution in [2.75, 3.05) is 39.9 Å². The van der Waals surface area contributed by atoms with Crippen molar-refractivity contribution in [3.05, 3.63) is 24.4 Å². The van der Waals surface area contributed by atoms with Crippen LogP contribution < -0.4 is 9.47 Å². The number of carbonyl (C=O) groups excluding carboxylic acids is 1. The van der Waals surface area contributed by atoms with E-state index in [0.717, 1.165) is 29.5 Å². The van der Waals surface area contributed by atoms with E-state index in [1.54, 1.807) is 13.3 Å². The van der Waals surface area contributed by atoms with Gasteiger partial charge in [-0.2, -0.15) is 4.98 Å². The molecule has 0 saturated carbocycles. The summed E-state index contributed by atoms with van der Waals surface area (Å²) in [6.45, 7) is 5.28. The van der Waals surface area contributed by atoms with Crippen molar-refractivity contribution in [3.8, 4) is 11.8 Å². The molecule has 150 valence electrons. The van der Waals surface area contributed by atoms with Crippen LogP contribution in [0.4, 0.5) is 4.79 Å². The van der Waals surface area contributed by atoms with Gasteiger partial charge in [0.2, 0.25) is 0 Å². The molecule has 1 aromatic heterocycles. The van der Waals surface area contributed by atoms with Crippen LogP contribution in [-0.4, -0.2) is 77.9 Å². The van der Waals surface area contributed by atoms with Crippen LogP contribution in [0.1, 0.15) is 19.8 Å². The molecule has 1 aromatic carbocycles. The second kappa shape index (κ2) is 8.18.